The number of fused-ring (bicyclic) bond motifs is 22. The van der Waals surface area contributed by atoms with Crippen LogP contribution in [0.1, 0.15) is 25.0 Å². The number of furan rings is 1. The zero-order chi connectivity index (χ0) is 47.7. The fourth-order valence-corrected chi connectivity index (χ4v) is 12.4. The van der Waals surface area contributed by atoms with Crippen LogP contribution in [0.2, 0.25) is 0 Å². The number of anilines is 3. The lowest BCUT2D eigenvalue weighted by Crippen LogP contribution is -2.17. The molecule has 0 fully saturated rings. The third kappa shape index (κ3) is 5.85. The number of rotatable bonds is 3. The molecule has 0 unspecified atom stereocenters. The zero-order valence-electron chi connectivity index (χ0n) is 39.8. The van der Waals surface area contributed by atoms with Gasteiger partial charge in [0.1, 0.15) is 16.9 Å². The number of para-hydroxylation sites is 3. The van der Waals surface area contributed by atoms with Crippen LogP contribution in [0.25, 0.3) is 109 Å². The molecule has 0 N–H and O–H groups in total. The number of hydrogen-bond donors (Lipinski definition) is 0. The van der Waals surface area contributed by atoms with Gasteiger partial charge in [-0.15, -0.1) is 0 Å². The maximum atomic E-state index is 7.30. The molecule has 13 aromatic rings. The molecular formula is C69H45NO2. The highest BCUT2D eigenvalue weighted by Gasteiger charge is 2.36. The van der Waals surface area contributed by atoms with Gasteiger partial charge in [0.15, 0.2) is 5.75 Å². The van der Waals surface area contributed by atoms with Crippen molar-refractivity contribution in [2.24, 2.45) is 0 Å². The molecule has 0 amide bonds. The van der Waals surface area contributed by atoms with Gasteiger partial charge in [-0.1, -0.05) is 202 Å². The summed E-state index contributed by atoms with van der Waals surface area (Å²) in [4.78, 5) is 2.43. The Kier molecular flexibility index (Phi) is 8.71. The summed E-state index contributed by atoms with van der Waals surface area (Å²) < 4.78 is 14.4. The monoisotopic (exact) mass is 919 g/mol. The molecule has 0 radical (unpaired) electrons. The lowest BCUT2D eigenvalue weighted by Gasteiger charge is -2.30. The average molecular weight is 920 g/mol. The lowest BCUT2D eigenvalue weighted by molar-refractivity contribution is 0.489. The molecule has 1 aromatic heterocycles. The summed E-state index contributed by atoms with van der Waals surface area (Å²) in [5.41, 5.74) is 14.1. The number of nitrogens with zero attached hydrogens (tertiary/aromatic N) is 1. The van der Waals surface area contributed by atoms with Crippen molar-refractivity contribution in [1.29, 1.82) is 0 Å². The van der Waals surface area contributed by atoms with E-state index in [4.69, 9.17) is 9.15 Å². The first-order chi connectivity index (χ1) is 35.5. The van der Waals surface area contributed by atoms with Crippen LogP contribution in [0.5, 0.6) is 11.5 Å². The quantitative estimate of drug-likeness (QED) is 0.177. The highest BCUT2D eigenvalue weighted by molar-refractivity contribution is 6.31. The van der Waals surface area contributed by atoms with Crippen LogP contribution < -0.4 is 9.64 Å². The number of benzene rings is 11. The summed E-state index contributed by atoms with van der Waals surface area (Å²) in [6.45, 7) is 4.72. The molecule has 3 nitrogen and oxygen atoms in total. The Morgan fingerprint density at radius 3 is 1.56 bits per heavy atom. The van der Waals surface area contributed by atoms with Crippen molar-refractivity contribution in [3.63, 3.8) is 0 Å². The third-order valence-electron chi connectivity index (χ3n) is 15.7. The molecule has 3 heteroatoms. The van der Waals surface area contributed by atoms with Gasteiger partial charge in [0.2, 0.25) is 0 Å². The van der Waals surface area contributed by atoms with Gasteiger partial charge in [0, 0.05) is 44.1 Å². The predicted octanol–water partition coefficient (Wildman–Crippen LogP) is 19.7. The highest BCUT2D eigenvalue weighted by Crippen LogP contribution is 2.55. The summed E-state index contributed by atoms with van der Waals surface area (Å²) in [5.74, 6) is 1.63. The molecular weight excluding hydrogens is 875 g/mol. The molecule has 0 saturated carbocycles. The molecule has 0 saturated heterocycles. The van der Waals surface area contributed by atoms with Gasteiger partial charge in [0.25, 0.3) is 0 Å². The van der Waals surface area contributed by atoms with Crippen molar-refractivity contribution >= 4 is 92.9 Å². The summed E-state index contributed by atoms with van der Waals surface area (Å²) in [6, 6.07) is 86.4. The maximum Gasteiger partial charge on any atom is 0.159 e. The summed E-state index contributed by atoms with van der Waals surface area (Å²) >= 11 is 0. The maximum absolute atomic E-state index is 7.30. The Balaban J connectivity index is 1.11. The second kappa shape index (κ2) is 15.4. The first-order valence-electron chi connectivity index (χ1n) is 24.9. The van der Waals surface area contributed by atoms with Gasteiger partial charge >= 0.3 is 0 Å². The van der Waals surface area contributed by atoms with E-state index in [1.807, 2.05) is 0 Å². The van der Waals surface area contributed by atoms with Crippen molar-refractivity contribution in [2.75, 3.05) is 4.90 Å². The number of ether oxygens (including phenoxy) is 1. The molecule has 2 aliphatic rings. The fraction of sp³-hybridized carbons (Fsp3) is 0.0435. The summed E-state index contributed by atoms with van der Waals surface area (Å²) in [5, 5.41) is 13.6. The molecule has 12 aromatic carbocycles. The highest BCUT2D eigenvalue weighted by atomic mass is 16.5. The van der Waals surface area contributed by atoms with E-state index in [1.165, 1.54) is 38.4 Å². The standard InChI is InChI=1S/C69H45NO2/c1-69(2)61-30-14-11-25-52(61)53-37-35-43(41-62(53)69)70(63-31-17-29-58-50-24-8-7-22-48(50)54-26-12-15-32-64(54)71-67(58)63)42-34-36-51-47-21-6-4-19-45(47)44-18-3-5-20-46(44)49-23-9-10-28-56(49)66-57(60(51)40-42)38-39-59-55-27-13-16-33-65(55)72-68(59)66/h3-41H,1-2H3. The van der Waals surface area contributed by atoms with Gasteiger partial charge in [0.05, 0.1) is 5.69 Å². The first-order valence-corrected chi connectivity index (χ1v) is 24.9. The largest absolute Gasteiger partial charge is 0.455 e. The van der Waals surface area contributed by atoms with Crippen LogP contribution in [0.4, 0.5) is 17.1 Å². The minimum atomic E-state index is -0.220. The first kappa shape index (κ1) is 40.7. The molecule has 1 aliphatic carbocycles. The van der Waals surface area contributed by atoms with Crippen LogP contribution in [0, 0.1) is 0 Å². The van der Waals surface area contributed by atoms with Crippen LogP contribution in [-0.4, -0.2) is 0 Å². The lowest BCUT2D eigenvalue weighted by atomic mass is 9.82. The Morgan fingerprint density at radius 1 is 0.333 bits per heavy atom. The van der Waals surface area contributed by atoms with E-state index >= 15 is 0 Å². The van der Waals surface area contributed by atoms with Gasteiger partial charge < -0.3 is 14.1 Å². The van der Waals surface area contributed by atoms with Gasteiger partial charge in [-0.2, -0.15) is 0 Å². The number of hydrogen-bond acceptors (Lipinski definition) is 3. The summed E-state index contributed by atoms with van der Waals surface area (Å²) in [6.07, 6.45) is 0. The van der Waals surface area contributed by atoms with Crippen molar-refractivity contribution in [3.05, 3.63) is 248 Å². The minimum Gasteiger partial charge on any atom is -0.455 e. The van der Waals surface area contributed by atoms with Gasteiger partial charge in [-0.25, -0.2) is 0 Å². The Bertz CT molecular complexity index is 4540. The summed E-state index contributed by atoms with van der Waals surface area (Å²) in [7, 11) is 0. The molecule has 1 aliphatic heterocycles. The normalized spacial score (nSPS) is 13.1. The third-order valence-corrected chi connectivity index (χ3v) is 15.7. The predicted molar refractivity (Wildman–Crippen MR) is 302 cm³/mol. The zero-order valence-corrected chi connectivity index (χ0v) is 39.8. The van der Waals surface area contributed by atoms with Gasteiger partial charge in [-0.3, -0.25) is 0 Å². The molecule has 72 heavy (non-hydrogen) atoms. The van der Waals surface area contributed by atoms with E-state index < -0.39 is 0 Å². The molecule has 0 atom stereocenters. The van der Waals surface area contributed by atoms with E-state index in [0.717, 1.165) is 110 Å². The van der Waals surface area contributed by atoms with E-state index in [0.29, 0.717) is 0 Å². The Morgan fingerprint density at radius 2 is 0.819 bits per heavy atom. The average Bonchev–Trinajstić information content (AvgIpc) is 3.87. The smallest absolute Gasteiger partial charge is 0.159 e. The van der Waals surface area contributed by atoms with Crippen molar-refractivity contribution in [1.82, 2.24) is 0 Å². The van der Waals surface area contributed by atoms with Crippen molar-refractivity contribution in [2.45, 2.75) is 19.3 Å². The van der Waals surface area contributed by atoms with Gasteiger partial charge in [-0.05, 0) is 130 Å². The molecule has 0 bridgehead atoms. The Labute approximate surface area is 416 Å². The molecule has 2 heterocycles. The molecule has 338 valence electrons. The van der Waals surface area contributed by atoms with E-state index in [1.54, 1.807) is 0 Å². The second-order valence-electron chi connectivity index (χ2n) is 19.9. The Hall–Kier alpha value is -9.18. The fourth-order valence-electron chi connectivity index (χ4n) is 12.4. The van der Waals surface area contributed by atoms with Crippen LogP contribution >= 0.6 is 0 Å². The van der Waals surface area contributed by atoms with E-state index in [9.17, 15) is 0 Å². The van der Waals surface area contributed by atoms with Crippen molar-refractivity contribution in [3.8, 4) is 44.9 Å². The molecule has 15 rings (SSSR count). The molecule has 0 spiro atoms. The second-order valence-corrected chi connectivity index (χ2v) is 19.9. The topological polar surface area (TPSA) is 25.6 Å². The van der Waals surface area contributed by atoms with E-state index in [-0.39, 0.29) is 5.41 Å². The van der Waals surface area contributed by atoms with Crippen LogP contribution in [0.3, 0.4) is 0 Å². The SMILES string of the molecule is CC1(C)c2ccccc2-c2ccc(N(c3ccc4c5ccccc5c5ccccc5c5ccccc5c5c(ccc6c7ccccc7oc65)c4c3)c3cccc4c3Oc3ccccc3-c3ccccc3-4)cc21. The minimum absolute atomic E-state index is 0.220. The van der Waals surface area contributed by atoms with Crippen LogP contribution in [-0.2, 0) is 5.41 Å². The van der Waals surface area contributed by atoms with E-state index in [2.05, 4.69) is 255 Å². The van der Waals surface area contributed by atoms with Crippen molar-refractivity contribution < 1.29 is 9.15 Å². The van der Waals surface area contributed by atoms with Crippen LogP contribution in [0.15, 0.2) is 241 Å².